The topological polar surface area (TPSA) is 75.1 Å². The van der Waals surface area contributed by atoms with E-state index in [4.69, 9.17) is 0 Å². The predicted molar refractivity (Wildman–Crippen MR) is 67.9 cm³/mol. The molecule has 2 aromatic rings. The van der Waals surface area contributed by atoms with Crippen LogP contribution < -0.4 is 11.2 Å². The third kappa shape index (κ3) is 2.29. The molecule has 0 saturated heterocycles. The monoisotopic (exact) mass is 264 g/mol. The highest BCUT2D eigenvalue weighted by atomic mass is 19.1. The molecule has 100 valence electrons. The van der Waals surface area contributed by atoms with Gasteiger partial charge in [0.05, 0.1) is 11.6 Å². The maximum atomic E-state index is 13.2. The summed E-state index contributed by atoms with van der Waals surface area (Å²) in [5, 5.41) is 9.91. The maximum Gasteiger partial charge on any atom is 0.331 e. The van der Waals surface area contributed by atoms with E-state index in [0.29, 0.717) is 5.56 Å². The Hall–Kier alpha value is -2.37. The number of aromatic nitrogens is 2. The molecule has 0 spiro atoms. The first kappa shape index (κ1) is 13.1. The molecule has 1 aromatic carbocycles. The van der Waals surface area contributed by atoms with Crippen molar-refractivity contribution >= 4 is 0 Å². The van der Waals surface area contributed by atoms with Crippen LogP contribution in [0.4, 0.5) is 4.39 Å². The van der Waals surface area contributed by atoms with Gasteiger partial charge in [0.15, 0.2) is 0 Å². The zero-order valence-corrected chi connectivity index (χ0v) is 10.5. The summed E-state index contributed by atoms with van der Waals surface area (Å²) < 4.78 is 14.2. The van der Waals surface area contributed by atoms with E-state index in [9.17, 15) is 19.1 Å². The molecule has 0 saturated carbocycles. The summed E-state index contributed by atoms with van der Waals surface area (Å²) in [6.07, 6.45) is 0. The molecule has 0 amide bonds. The molecule has 0 aliphatic heterocycles. The van der Waals surface area contributed by atoms with Crippen molar-refractivity contribution in [2.24, 2.45) is 0 Å². The van der Waals surface area contributed by atoms with Gasteiger partial charge >= 0.3 is 5.69 Å². The van der Waals surface area contributed by atoms with E-state index in [1.165, 1.54) is 25.1 Å². The molecule has 0 fully saturated rings. The second kappa shape index (κ2) is 4.72. The average molecular weight is 264 g/mol. The van der Waals surface area contributed by atoms with Crippen LogP contribution >= 0.6 is 0 Å². The SMILES string of the molecule is Cc1c(O)n(C(C)c2cccc(F)c2)c(=O)[nH]c1=O. The fourth-order valence-electron chi connectivity index (χ4n) is 1.90. The van der Waals surface area contributed by atoms with Crippen LogP contribution in [0.25, 0.3) is 0 Å². The van der Waals surface area contributed by atoms with Gasteiger partial charge < -0.3 is 5.11 Å². The number of nitrogens with one attached hydrogen (secondary N) is 1. The van der Waals surface area contributed by atoms with Gasteiger partial charge in [-0.05, 0) is 31.5 Å². The normalized spacial score (nSPS) is 12.4. The molecule has 1 aromatic heterocycles. The highest BCUT2D eigenvalue weighted by Gasteiger charge is 2.17. The van der Waals surface area contributed by atoms with Crippen molar-refractivity contribution in [1.82, 2.24) is 9.55 Å². The van der Waals surface area contributed by atoms with Crippen molar-refractivity contribution < 1.29 is 9.50 Å². The van der Waals surface area contributed by atoms with Crippen LogP contribution in [0.15, 0.2) is 33.9 Å². The van der Waals surface area contributed by atoms with Crippen molar-refractivity contribution in [3.63, 3.8) is 0 Å². The second-order valence-corrected chi connectivity index (χ2v) is 4.31. The standard InChI is InChI=1S/C13H13FN2O3/c1-7-11(17)15-13(19)16(12(7)18)8(2)9-4-3-5-10(14)6-9/h3-6,8,18H,1-2H3,(H,15,17,19). The molecule has 1 heterocycles. The second-order valence-electron chi connectivity index (χ2n) is 4.31. The molecular formula is C13H13FN2O3. The average Bonchev–Trinajstić information content (AvgIpc) is 2.36. The number of halogens is 1. The molecule has 5 nitrogen and oxygen atoms in total. The third-order valence-electron chi connectivity index (χ3n) is 3.06. The Bertz CT molecular complexity index is 733. The Morgan fingerprint density at radius 2 is 2.05 bits per heavy atom. The van der Waals surface area contributed by atoms with Gasteiger partial charge in [-0.15, -0.1) is 0 Å². The molecule has 0 aliphatic carbocycles. The van der Waals surface area contributed by atoms with Crippen molar-refractivity contribution in [1.29, 1.82) is 0 Å². The molecule has 1 atom stereocenters. The van der Waals surface area contributed by atoms with Crippen LogP contribution in [0.5, 0.6) is 5.88 Å². The lowest BCUT2D eigenvalue weighted by Gasteiger charge is -2.17. The molecule has 0 radical (unpaired) electrons. The molecule has 19 heavy (non-hydrogen) atoms. The van der Waals surface area contributed by atoms with Crippen molar-refractivity contribution in [2.45, 2.75) is 19.9 Å². The van der Waals surface area contributed by atoms with Gasteiger partial charge in [0, 0.05) is 0 Å². The molecule has 2 N–H and O–H groups in total. The molecule has 2 rings (SSSR count). The van der Waals surface area contributed by atoms with Gasteiger partial charge in [0.25, 0.3) is 5.56 Å². The highest BCUT2D eigenvalue weighted by Crippen LogP contribution is 2.22. The molecule has 0 bridgehead atoms. The minimum Gasteiger partial charge on any atom is -0.494 e. The lowest BCUT2D eigenvalue weighted by atomic mass is 10.1. The number of aromatic amines is 1. The summed E-state index contributed by atoms with van der Waals surface area (Å²) in [6.45, 7) is 3.04. The van der Waals surface area contributed by atoms with Crippen molar-refractivity contribution in [3.05, 3.63) is 62.0 Å². The van der Waals surface area contributed by atoms with E-state index < -0.39 is 29.0 Å². The third-order valence-corrected chi connectivity index (χ3v) is 3.06. The van der Waals surface area contributed by atoms with E-state index in [0.717, 1.165) is 4.57 Å². The lowest BCUT2D eigenvalue weighted by molar-refractivity contribution is 0.384. The van der Waals surface area contributed by atoms with Crippen molar-refractivity contribution in [3.8, 4) is 5.88 Å². The van der Waals surface area contributed by atoms with Gasteiger partial charge in [-0.25, -0.2) is 9.18 Å². The highest BCUT2D eigenvalue weighted by molar-refractivity contribution is 5.26. The summed E-state index contributed by atoms with van der Waals surface area (Å²) in [6, 6.07) is 5.12. The van der Waals surface area contributed by atoms with Gasteiger partial charge in [-0.1, -0.05) is 12.1 Å². The van der Waals surface area contributed by atoms with Crippen molar-refractivity contribution in [2.75, 3.05) is 0 Å². The summed E-state index contributed by atoms with van der Waals surface area (Å²) in [7, 11) is 0. The molecule has 1 unspecified atom stereocenters. The summed E-state index contributed by atoms with van der Waals surface area (Å²) in [4.78, 5) is 25.2. The Kier molecular flexibility index (Phi) is 3.25. The van der Waals surface area contributed by atoms with Gasteiger partial charge in [-0.3, -0.25) is 14.3 Å². The van der Waals surface area contributed by atoms with E-state index in [1.807, 2.05) is 0 Å². The summed E-state index contributed by atoms with van der Waals surface area (Å²) in [5.74, 6) is -0.844. The Labute approximate surface area is 108 Å². The van der Waals surface area contributed by atoms with E-state index in [2.05, 4.69) is 4.98 Å². The number of rotatable bonds is 2. The minimum absolute atomic E-state index is 0.0443. The van der Waals surface area contributed by atoms with E-state index >= 15 is 0 Å². The van der Waals surface area contributed by atoms with Crippen LogP contribution in [0.3, 0.4) is 0 Å². The number of H-pyrrole nitrogens is 1. The van der Waals surface area contributed by atoms with E-state index in [-0.39, 0.29) is 5.56 Å². The Balaban J connectivity index is 2.63. The fraction of sp³-hybridized carbons (Fsp3) is 0.231. The first-order valence-electron chi connectivity index (χ1n) is 5.71. The van der Waals surface area contributed by atoms with Gasteiger partial charge in [0.1, 0.15) is 5.82 Å². The molecular weight excluding hydrogens is 251 g/mol. The molecule has 6 heteroatoms. The van der Waals surface area contributed by atoms with Crippen LogP contribution in [0, 0.1) is 12.7 Å². The quantitative estimate of drug-likeness (QED) is 0.858. The minimum atomic E-state index is -0.732. The summed E-state index contributed by atoms with van der Waals surface area (Å²) >= 11 is 0. The van der Waals surface area contributed by atoms with Crippen LogP contribution in [-0.4, -0.2) is 14.7 Å². The zero-order chi connectivity index (χ0) is 14.2. The number of benzene rings is 1. The van der Waals surface area contributed by atoms with E-state index in [1.54, 1.807) is 13.0 Å². The first-order chi connectivity index (χ1) is 8.91. The number of hydrogen-bond acceptors (Lipinski definition) is 3. The van der Waals surface area contributed by atoms with Crippen LogP contribution in [0.1, 0.15) is 24.1 Å². The molecule has 0 aliphatic rings. The Morgan fingerprint density at radius 1 is 1.37 bits per heavy atom. The smallest absolute Gasteiger partial charge is 0.331 e. The summed E-state index contributed by atoms with van der Waals surface area (Å²) in [5.41, 5.74) is -0.804. The first-order valence-corrected chi connectivity index (χ1v) is 5.71. The fourth-order valence-corrected chi connectivity index (χ4v) is 1.90. The number of nitrogens with zero attached hydrogens (tertiary/aromatic N) is 1. The van der Waals surface area contributed by atoms with Gasteiger partial charge in [0.2, 0.25) is 5.88 Å². The number of hydrogen-bond donors (Lipinski definition) is 2. The zero-order valence-electron chi connectivity index (χ0n) is 10.5. The number of aromatic hydroxyl groups is 1. The lowest BCUT2D eigenvalue weighted by Crippen LogP contribution is -2.33. The van der Waals surface area contributed by atoms with Gasteiger partial charge in [-0.2, -0.15) is 0 Å². The maximum absolute atomic E-state index is 13.2. The largest absolute Gasteiger partial charge is 0.494 e. The van der Waals surface area contributed by atoms with Crippen LogP contribution in [-0.2, 0) is 0 Å². The Morgan fingerprint density at radius 3 is 2.68 bits per heavy atom. The van der Waals surface area contributed by atoms with Crippen LogP contribution in [0.2, 0.25) is 0 Å². The predicted octanol–water partition coefficient (Wildman–Crippen LogP) is 1.30.